The van der Waals surface area contributed by atoms with E-state index in [2.05, 4.69) is 26.1 Å². The molecule has 7 heteroatoms. The maximum Gasteiger partial charge on any atom is 0.324 e. The lowest BCUT2D eigenvalue weighted by Crippen LogP contribution is -2.20. The van der Waals surface area contributed by atoms with Gasteiger partial charge in [-0.2, -0.15) is 0 Å². The standard InChI is InChI=1S/C19H19N5O2/c1-13-8-9-16(26-2)15(12-13)21-17-10-11-18(24-23-17)22-19(25)20-14-6-4-3-5-7-14/h3-12H,1-2H3,(H,21,23)(H2,20,22,24,25). The summed E-state index contributed by atoms with van der Waals surface area (Å²) in [5.41, 5.74) is 2.59. The van der Waals surface area contributed by atoms with Crippen LogP contribution in [0.2, 0.25) is 0 Å². The van der Waals surface area contributed by atoms with E-state index >= 15 is 0 Å². The minimum Gasteiger partial charge on any atom is -0.495 e. The van der Waals surface area contributed by atoms with Crippen molar-refractivity contribution in [1.29, 1.82) is 0 Å². The summed E-state index contributed by atoms with van der Waals surface area (Å²) in [7, 11) is 1.61. The Morgan fingerprint density at radius 3 is 2.35 bits per heavy atom. The van der Waals surface area contributed by atoms with Gasteiger partial charge in [-0.1, -0.05) is 24.3 Å². The van der Waals surface area contributed by atoms with Gasteiger partial charge in [0.25, 0.3) is 0 Å². The molecular formula is C19H19N5O2. The van der Waals surface area contributed by atoms with E-state index in [-0.39, 0.29) is 6.03 Å². The number of amides is 2. The predicted molar refractivity (Wildman–Crippen MR) is 102 cm³/mol. The van der Waals surface area contributed by atoms with Crippen LogP contribution >= 0.6 is 0 Å². The number of ether oxygens (including phenoxy) is 1. The molecule has 3 aromatic rings. The number of rotatable bonds is 5. The first-order valence-electron chi connectivity index (χ1n) is 8.02. The van der Waals surface area contributed by atoms with Crippen LogP contribution in [0.1, 0.15) is 5.56 Å². The summed E-state index contributed by atoms with van der Waals surface area (Å²) in [6.07, 6.45) is 0. The van der Waals surface area contributed by atoms with Crippen molar-refractivity contribution in [1.82, 2.24) is 10.2 Å². The topological polar surface area (TPSA) is 88.2 Å². The molecule has 0 spiro atoms. The monoisotopic (exact) mass is 349 g/mol. The highest BCUT2D eigenvalue weighted by atomic mass is 16.5. The number of aromatic nitrogens is 2. The molecule has 26 heavy (non-hydrogen) atoms. The molecule has 0 atom stereocenters. The lowest BCUT2D eigenvalue weighted by molar-refractivity contribution is 0.262. The molecule has 132 valence electrons. The highest BCUT2D eigenvalue weighted by Gasteiger charge is 2.07. The number of nitrogens with one attached hydrogen (secondary N) is 3. The molecule has 0 aliphatic heterocycles. The van der Waals surface area contributed by atoms with E-state index < -0.39 is 0 Å². The highest BCUT2D eigenvalue weighted by molar-refractivity contribution is 5.99. The third-order valence-electron chi connectivity index (χ3n) is 3.56. The fraction of sp³-hybridized carbons (Fsp3) is 0.105. The van der Waals surface area contributed by atoms with Crippen LogP contribution in [0, 0.1) is 6.92 Å². The van der Waals surface area contributed by atoms with Crippen LogP contribution < -0.4 is 20.7 Å². The van der Waals surface area contributed by atoms with Crippen molar-refractivity contribution in [3.05, 3.63) is 66.2 Å². The maximum atomic E-state index is 12.0. The van der Waals surface area contributed by atoms with Crippen molar-refractivity contribution >= 4 is 29.0 Å². The predicted octanol–water partition coefficient (Wildman–Crippen LogP) is 4.18. The molecule has 0 bridgehead atoms. The SMILES string of the molecule is COc1ccc(C)cc1Nc1ccc(NC(=O)Nc2ccccc2)nn1. The van der Waals surface area contributed by atoms with Gasteiger partial charge in [0, 0.05) is 5.69 Å². The quantitative estimate of drug-likeness (QED) is 0.643. The van der Waals surface area contributed by atoms with Gasteiger partial charge in [-0.05, 0) is 48.9 Å². The van der Waals surface area contributed by atoms with Crippen LogP contribution in [-0.2, 0) is 0 Å². The van der Waals surface area contributed by atoms with E-state index in [1.165, 1.54) is 0 Å². The second-order valence-corrected chi connectivity index (χ2v) is 5.58. The Hall–Kier alpha value is -3.61. The average molecular weight is 349 g/mol. The Morgan fingerprint density at radius 1 is 0.923 bits per heavy atom. The first kappa shape index (κ1) is 17.2. The molecule has 0 saturated heterocycles. The third-order valence-corrected chi connectivity index (χ3v) is 3.56. The van der Waals surface area contributed by atoms with Gasteiger partial charge >= 0.3 is 6.03 Å². The first-order valence-corrected chi connectivity index (χ1v) is 8.02. The number of urea groups is 1. The van der Waals surface area contributed by atoms with Gasteiger partial charge in [0.2, 0.25) is 0 Å². The zero-order chi connectivity index (χ0) is 18.4. The van der Waals surface area contributed by atoms with Crippen molar-refractivity contribution in [2.75, 3.05) is 23.1 Å². The molecular weight excluding hydrogens is 330 g/mol. The molecule has 3 N–H and O–H groups in total. The molecule has 0 fully saturated rings. The van der Waals surface area contributed by atoms with Gasteiger partial charge in [-0.15, -0.1) is 10.2 Å². The number of carbonyl (C=O) groups is 1. The van der Waals surface area contributed by atoms with Gasteiger partial charge in [0.1, 0.15) is 5.75 Å². The van der Waals surface area contributed by atoms with Gasteiger partial charge in [-0.25, -0.2) is 4.79 Å². The highest BCUT2D eigenvalue weighted by Crippen LogP contribution is 2.27. The summed E-state index contributed by atoms with van der Waals surface area (Å²) >= 11 is 0. The number of nitrogens with zero attached hydrogens (tertiary/aromatic N) is 2. The van der Waals surface area contributed by atoms with Crippen molar-refractivity contribution in [3.63, 3.8) is 0 Å². The molecule has 2 amide bonds. The largest absolute Gasteiger partial charge is 0.495 e. The fourth-order valence-electron chi connectivity index (χ4n) is 2.32. The van der Waals surface area contributed by atoms with Crippen LogP contribution in [0.5, 0.6) is 5.75 Å². The first-order chi connectivity index (χ1) is 12.6. The lowest BCUT2D eigenvalue weighted by Gasteiger charge is -2.11. The second kappa shape index (κ2) is 7.98. The minimum absolute atomic E-state index is 0.347. The molecule has 0 aliphatic rings. The summed E-state index contributed by atoms with van der Waals surface area (Å²) in [5, 5.41) is 16.6. The Balaban J connectivity index is 1.63. The number of hydrogen-bond acceptors (Lipinski definition) is 5. The van der Waals surface area contributed by atoms with Gasteiger partial charge in [0.15, 0.2) is 11.6 Å². The van der Waals surface area contributed by atoms with E-state index in [0.717, 1.165) is 11.3 Å². The molecule has 2 aromatic carbocycles. The molecule has 0 aliphatic carbocycles. The number of aryl methyl sites for hydroxylation is 1. The molecule has 1 heterocycles. The molecule has 1 aromatic heterocycles. The van der Waals surface area contributed by atoms with Crippen LogP contribution in [0.3, 0.4) is 0 Å². The Labute approximate surface area is 151 Å². The lowest BCUT2D eigenvalue weighted by atomic mass is 10.2. The van der Waals surface area contributed by atoms with Crippen LogP contribution in [0.15, 0.2) is 60.7 Å². The summed E-state index contributed by atoms with van der Waals surface area (Å²) < 4.78 is 5.33. The van der Waals surface area contributed by atoms with Crippen molar-refractivity contribution in [2.24, 2.45) is 0 Å². The van der Waals surface area contributed by atoms with Crippen LogP contribution in [0.4, 0.5) is 27.8 Å². The van der Waals surface area contributed by atoms with Crippen molar-refractivity contribution < 1.29 is 9.53 Å². The molecule has 7 nitrogen and oxygen atoms in total. The minimum atomic E-state index is -0.383. The van der Waals surface area contributed by atoms with Crippen LogP contribution in [-0.4, -0.2) is 23.3 Å². The summed E-state index contributed by atoms with van der Waals surface area (Å²) in [4.78, 5) is 12.0. The molecule has 0 unspecified atom stereocenters. The molecule has 3 rings (SSSR count). The third kappa shape index (κ3) is 4.47. The van der Waals surface area contributed by atoms with Gasteiger partial charge < -0.3 is 15.4 Å². The number of carbonyl (C=O) groups excluding carboxylic acids is 1. The molecule has 0 radical (unpaired) electrons. The van der Waals surface area contributed by atoms with E-state index in [4.69, 9.17) is 4.74 Å². The smallest absolute Gasteiger partial charge is 0.324 e. The normalized spacial score (nSPS) is 10.1. The number of methoxy groups -OCH3 is 1. The van der Waals surface area contributed by atoms with E-state index in [0.29, 0.717) is 23.1 Å². The van der Waals surface area contributed by atoms with Gasteiger partial charge in [-0.3, -0.25) is 5.32 Å². The Bertz CT molecular complexity index is 882. The summed E-state index contributed by atoms with van der Waals surface area (Å²) in [5.74, 6) is 1.60. The Kier molecular flexibility index (Phi) is 5.28. The van der Waals surface area contributed by atoms with E-state index in [1.807, 2.05) is 43.3 Å². The number of para-hydroxylation sites is 1. The maximum absolute atomic E-state index is 12.0. The second-order valence-electron chi connectivity index (χ2n) is 5.58. The number of hydrogen-bond donors (Lipinski definition) is 3. The molecule has 0 saturated carbocycles. The average Bonchev–Trinajstić information content (AvgIpc) is 2.64. The fourth-order valence-corrected chi connectivity index (χ4v) is 2.32. The number of benzene rings is 2. The van der Waals surface area contributed by atoms with Crippen molar-refractivity contribution in [2.45, 2.75) is 6.92 Å². The summed E-state index contributed by atoms with van der Waals surface area (Å²) in [6, 6.07) is 18.0. The van der Waals surface area contributed by atoms with E-state index in [1.54, 1.807) is 31.4 Å². The van der Waals surface area contributed by atoms with Gasteiger partial charge in [0.05, 0.1) is 12.8 Å². The Morgan fingerprint density at radius 2 is 1.65 bits per heavy atom. The van der Waals surface area contributed by atoms with Crippen LogP contribution in [0.25, 0.3) is 0 Å². The zero-order valence-corrected chi connectivity index (χ0v) is 14.5. The summed E-state index contributed by atoms with van der Waals surface area (Å²) in [6.45, 7) is 1.99. The van der Waals surface area contributed by atoms with Crippen molar-refractivity contribution in [3.8, 4) is 5.75 Å². The zero-order valence-electron chi connectivity index (χ0n) is 14.5. The van der Waals surface area contributed by atoms with E-state index in [9.17, 15) is 4.79 Å². The number of anilines is 4.